The Bertz CT molecular complexity index is 937. The number of esters is 1. The van der Waals surface area contributed by atoms with Crippen LogP contribution in [-0.2, 0) is 14.3 Å². The van der Waals surface area contributed by atoms with Crippen LogP contribution < -0.4 is 11.5 Å². The van der Waals surface area contributed by atoms with Crippen LogP contribution in [0, 0.1) is 50.7 Å². The zero-order chi connectivity index (χ0) is 26.5. The molecule has 5 aliphatic carbocycles. The van der Waals surface area contributed by atoms with Gasteiger partial charge in [-0.3, -0.25) is 9.59 Å². The molecule has 10 atom stereocenters. The zero-order valence-electron chi connectivity index (χ0n) is 23.4. The van der Waals surface area contributed by atoms with Gasteiger partial charge in [-0.1, -0.05) is 57.2 Å². The molecular weight excluding hydrogens is 563 g/mol. The quantitative estimate of drug-likeness (QED) is 0.177. The molecule has 4 N–H and O–H groups in total. The van der Waals surface area contributed by atoms with Crippen LogP contribution >= 0.6 is 22.6 Å². The summed E-state index contributed by atoms with van der Waals surface area (Å²) in [7, 11) is 0. The standard InChI is InChI=1S/C30H49IN2O3/c1-17(34)36-22-11-12-27(4)20(26(22,2)3)10-13-29(6)21(27)8-7-18-23-19(31)9-14-30(23,24(35)25(32)33)16-15-28(18,29)5/h18-23,25H,7-16,32-33H2,1-6H3/t18?,19-,20?,21?,22+,23?,27+,28-,29-,30+/m1/s1. The summed E-state index contributed by atoms with van der Waals surface area (Å²) in [5.74, 6) is 2.17. The first-order valence-electron chi connectivity index (χ1n) is 14.5. The van der Waals surface area contributed by atoms with Gasteiger partial charge in [0, 0.05) is 21.7 Å². The van der Waals surface area contributed by atoms with Crippen molar-refractivity contribution in [2.75, 3.05) is 0 Å². The summed E-state index contributed by atoms with van der Waals surface area (Å²) in [6, 6.07) is 0. The number of carbonyl (C=O) groups is 2. The molecule has 36 heavy (non-hydrogen) atoms. The average molecular weight is 613 g/mol. The Morgan fingerprint density at radius 2 is 1.53 bits per heavy atom. The lowest BCUT2D eigenvalue weighted by atomic mass is 9.32. The Balaban J connectivity index is 1.50. The molecule has 0 saturated heterocycles. The summed E-state index contributed by atoms with van der Waals surface area (Å²) in [5.41, 5.74) is 12.5. The van der Waals surface area contributed by atoms with Crippen molar-refractivity contribution in [3.05, 3.63) is 0 Å². The number of carbonyl (C=O) groups excluding carboxylic acids is 2. The summed E-state index contributed by atoms with van der Waals surface area (Å²) in [5, 5.41) is 0. The second kappa shape index (κ2) is 8.64. The third-order valence-electron chi connectivity index (χ3n) is 13.4. The Hall–Kier alpha value is -0.210. The maximum absolute atomic E-state index is 13.5. The van der Waals surface area contributed by atoms with Crippen molar-refractivity contribution in [3.63, 3.8) is 0 Å². The van der Waals surface area contributed by atoms with Crippen LogP contribution in [0.15, 0.2) is 0 Å². The molecule has 0 aromatic rings. The minimum absolute atomic E-state index is 0.0120. The first kappa shape index (κ1) is 27.4. The van der Waals surface area contributed by atoms with E-state index >= 15 is 0 Å². The molecule has 0 aliphatic heterocycles. The van der Waals surface area contributed by atoms with Crippen LogP contribution in [0.25, 0.3) is 0 Å². The smallest absolute Gasteiger partial charge is 0.302 e. The van der Waals surface area contributed by atoms with E-state index in [9.17, 15) is 9.59 Å². The molecule has 6 heteroatoms. The van der Waals surface area contributed by atoms with E-state index in [1.165, 1.54) is 25.7 Å². The Morgan fingerprint density at radius 1 is 0.833 bits per heavy atom. The van der Waals surface area contributed by atoms with Crippen LogP contribution in [0.4, 0.5) is 0 Å². The Kier molecular flexibility index (Phi) is 6.57. The van der Waals surface area contributed by atoms with E-state index in [4.69, 9.17) is 16.2 Å². The first-order chi connectivity index (χ1) is 16.6. The molecule has 0 heterocycles. The SMILES string of the molecule is CC(=O)O[C@H]1CC[C@@]2(C)C(CC[C@]3(C)C2CCC2C4[C@H](I)CC[C@]4(C(=O)C(N)N)CC[C@]23C)C1(C)C. The van der Waals surface area contributed by atoms with Gasteiger partial charge in [-0.15, -0.1) is 0 Å². The highest BCUT2D eigenvalue weighted by atomic mass is 127. The molecule has 4 unspecified atom stereocenters. The number of ether oxygens (including phenoxy) is 1. The second-order valence-electron chi connectivity index (χ2n) is 14.8. The number of hydrogen-bond donors (Lipinski definition) is 2. The van der Waals surface area contributed by atoms with Gasteiger partial charge in [0.05, 0.1) is 0 Å². The average Bonchev–Trinajstić information content (AvgIpc) is 3.13. The van der Waals surface area contributed by atoms with Gasteiger partial charge in [0.25, 0.3) is 0 Å². The highest BCUT2D eigenvalue weighted by Crippen LogP contribution is 2.77. The Labute approximate surface area is 232 Å². The third-order valence-corrected chi connectivity index (χ3v) is 14.8. The fourth-order valence-electron chi connectivity index (χ4n) is 11.6. The van der Waals surface area contributed by atoms with E-state index in [0.717, 1.165) is 38.5 Å². The maximum Gasteiger partial charge on any atom is 0.302 e. The number of Topliss-reactive ketones (excluding diaryl/α,β-unsaturated/α-hetero) is 1. The lowest BCUT2D eigenvalue weighted by Gasteiger charge is -2.72. The molecule has 204 valence electrons. The molecule has 5 fully saturated rings. The predicted octanol–water partition coefficient (Wildman–Crippen LogP) is 6.00. The number of halogens is 1. The largest absolute Gasteiger partial charge is 0.462 e. The highest BCUT2D eigenvalue weighted by molar-refractivity contribution is 14.1. The van der Waals surface area contributed by atoms with E-state index in [1.807, 2.05) is 0 Å². The molecule has 0 aromatic heterocycles. The topological polar surface area (TPSA) is 95.4 Å². The molecule has 0 aromatic carbocycles. The van der Waals surface area contributed by atoms with E-state index in [1.54, 1.807) is 6.92 Å². The summed E-state index contributed by atoms with van der Waals surface area (Å²) in [6.07, 6.45) is 10.3. The van der Waals surface area contributed by atoms with Gasteiger partial charge in [0.1, 0.15) is 12.3 Å². The van der Waals surface area contributed by atoms with Crippen LogP contribution in [0.1, 0.15) is 106 Å². The van der Waals surface area contributed by atoms with Gasteiger partial charge in [-0.25, -0.2) is 0 Å². The number of rotatable bonds is 3. The fourth-order valence-corrected chi connectivity index (χ4v) is 13.1. The predicted molar refractivity (Wildman–Crippen MR) is 151 cm³/mol. The fraction of sp³-hybridized carbons (Fsp3) is 0.933. The van der Waals surface area contributed by atoms with E-state index < -0.39 is 6.17 Å². The number of alkyl halides is 1. The van der Waals surface area contributed by atoms with Crippen molar-refractivity contribution in [2.45, 2.75) is 122 Å². The number of hydrogen-bond acceptors (Lipinski definition) is 5. The molecule has 5 rings (SSSR count). The maximum atomic E-state index is 13.5. The molecule has 5 nitrogen and oxygen atoms in total. The van der Waals surface area contributed by atoms with Crippen molar-refractivity contribution < 1.29 is 14.3 Å². The third kappa shape index (κ3) is 3.44. The molecule has 5 aliphatic rings. The molecule has 0 spiro atoms. The molecule has 0 radical (unpaired) electrons. The van der Waals surface area contributed by atoms with E-state index in [0.29, 0.717) is 27.6 Å². The minimum Gasteiger partial charge on any atom is -0.462 e. The number of fused-ring (bicyclic) bond motifs is 7. The van der Waals surface area contributed by atoms with Crippen molar-refractivity contribution >= 4 is 34.3 Å². The lowest BCUT2D eigenvalue weighted by Crippen LogP contribution is -2.67. The summed E-state index contributed by atoms with van der Waals surface area (Å²) in [4.78, 5) is 25.4. The molecular formula is C30H49IN2O3. The normalized spacial score (nSPS) is 51.5. The molecule has 0 bridgehead atoms. The van der Waals surface area contributed by atoms with Crippen LogP contribution in [0.5, 0.6) is 0 Å². The van der Waals surface area contributed by atoms with Crippen LogP contribution in [0.3, 0.4) is 0 Å². The van der Waals surface area contributed by atoms with Crippen LogP contribution in [-0.4, -0.2) is 27.9 Å². The first-order valence-corrected chi connectivity index (χ1v) is 15.8. The van der Waals surface area contributed by atoms with E-state index in [-0.39, 0.29) is 44.9 Å². The van der Waals surface area contributed by atoms with Crippen LogP contribution in [0.2, 0.25) is 0 Å². The summed E-state index contributed by atoms with van der Waals surface area (Å²) >= 11 is 2.65. The van der Waals surface area contributed by atoms with Crippen molar-refractivity contribution in [3.8, 4) is 0 Å². The van der Waals surface area contributed by atoms with Gasteiger partial charge >= 0.3 is 5.97 Å². The molecule has 0 amide bonds. The monoisotopic (exact) mass is 612 g/mol. The highest BCUT2D eigenvalue weighted by Gasteiger charge is 2.71. The summed E-state index contributed by atoms with van der Waals surface area (Å²) in [6.45, 7) is 14.1. The molecule has 5 saturated carbocycles. The van der Waals surface area contributed by atoms with Crippen molar-refractivity contribution in [1.82, 2.24) is 0 Å². The van der Waals surface area contributed by atoms with Gasteiger partial charge in [0.2, 0.25) is 0 Å². The van der Waals surface area contributed by atoms with Gasteiger partial charge in [-0.05, 0) is 104 Å². The number of nitrogens with two attached hydrogens (primary N) is 2. The number of ketones is 1. The van der Waals surface area contributed by atoms with Crippen molar-refractivity contribution in [2.24, 2.45) is 62.2 Å². The lowest BCUT2D eigenvalue weighted by molar-refractivity contribution is -0.246. The van der Waals surface area contributed by atoms with E-state index in [2.05, 4.69) is 57.2 Å². The van der Waals surface area contributed by atoms with Gasteiger partial charge in [0.15, 0.2) is 5.78 Å². The van der Waals surface area contributed by atoms with Gasteiger partial charge < -0.3 is 16.2 Å². The Morgan fingerprint density at radius 3 is 2.17 bits per heavy atom. The second-order valence-corrected chi connectivity index (χ2v) is 16.4. The minimum atomic E-state index is -0.852. The zero-order valence-corrected chi connectivity index (χ0v) is 25.5. The van der Waals surface area contributed by atoms with Gasteiger partial charge in [-0.2, -0.15) is 0 Å². The van der Waals surface area contributed by atoms with Crippen molar-refractivity contribution in [1.29, 1.82) is 0 Å². The summed E-state index contributed by atoms with van der Waals surface area (Å²) < 4.78 is 6.42.